The van der Waals surface area contributed by atoms with Gasteiger partial charge in [0.15, 0.2) is 11.6 Å². The topological polar surface area (TPSA) is 107 Å². The van der Waals surface area contributed by atoms with E-state index in [1.807, 2.05) is 39.0 Å². The predicted molar refractivity (Wildman–Crippen MR) is 111 cm³/mol. The SMILES string of the molecule is Cc1noc(-c2ccc(C(=O)Nc3c(C)cccc3-c3nc(C(C)C)no3)cc2)n1. The highest BCUT2D eigenvalue weighted by molar-refractivity contribution is 6.06. The van der Waals surface area contributed by atoms with Gasteiger partial charge in [-0.15, -0.1) is 0 Å². The van der Waals surface area contributed by atoms with Gasteiger partial charge in [-0.3, -0.25) is 4.79 Å². The first-order chi connectivity index (χ1) is 14.4. The molecule has 8 nitrogen and oxygen atoms in total. The molecule has 2 heterocycles. The second-order valence-electron chi connectivity index (χ2n) is 7.29. The number of rotatable bonds is 5. The van der Waals surface area contributed by atoms with Gasteiger partial charge in [0.25, 0.3) is 17.7 Å². The summed E-state index contributed by atoms with van der Waals surface area (Å²) >= 11 is 0. The van der Waals surface area contributed by atoms with E-state index in [-0.39, 0.29) is 11.8 Å². The van der Waals surface area contributed by atoms with Crippen LogP contribution in [0.15, 0.2) is 51.5 Å². The third kappa shape index (κ3) is 3.84. The van der Waals surface area contributed by atoms with Crippen LogP contribution < -0.4 is 5.32 Å². The summed E-state index contributed by atoms with van der Waals surface area (Å²) in [6, 6.07) is 12.6. The molecular formula is C22H21N5O3. The molecule has 0 aliphatic carbocycles. The summed E-state index contributed by atoms with van der Waals surface area (Å²) in [7, 11) is 0. The number of amides is 1. The maximum absolute atomic E-state index is 12.9. The molecule has 0 saturated heterocycles. The van der Waals surface area contributed by atoms with E-state index in [4.69, 9.17) is 9.05 Å². The van der Waals surface area contributed by atoms with Gasteiger partial charge in [-0.1, -0.05) is 36.3 Å². The largest absolute Gasteiger partial charge is 0.334 e. The van der Waals surface area contributed by atoms with E-state index >= 15 is 0 Å². The number of hydrogen-bond donors (Lipinski definition) is 1. The molecule has 2 aromatic heterocycles. The van der Waals surface area contributed by atoms with Crippen LogP contribution in [0.1, 0.15) is 47.3 Å². The number of aryl methyl sites for hydroxylation is 2. The lowest BCUT2D eigenvalue weighted by Gasteiger charge is -2.12. The monoisotopic (exact) mass is 403 g/mol. The Morgan fingerprint density at radius 1 is 0.933 bits per heavy atom. The summed E-state index contributed by atoms with van der Waals surface area (Å²) in [6.45, 7) is 7.65. The molecule has 1 amide bonds. The van der Waals surface area contributed by atoms with Crippen molar-refractivity contribution in [2.45, 2.75) is 33.6 Å². The number of carbonyl (C=O) groups excluding carboxylic acids is 1. The first-order valence-electron chi connectivity index (χ1n) is 9.58. The Hall–Kier alpha value is -3.81. The van der Waals surface area contributed by atoms with Gasteiger partial charge in [0.1, 0.15) is 0 Å². The zero-order chi connectivity index (χ0) is 21.3. The highest BCUT2D eigenvalue weighted by atomic mass is 16.5. The number of aromatic nitrogens is 4. The van der Waals surface area contributed by atoms with E-state index < -0.39 is 0 Å². The summed E-state index contributed by atoms with van der Waals surface area (Å²) in [6.07, 6.45) is 0. The smallest absolute Gasteiger partial charge is 0.260 e. The maximum atomic E-state index is 12.9. The van der Waals surface area contributed by atoms with Crippen LogP contribution in [-0.4, -0.2) is 26.2 Å². The molecule has 4 rings (SSSR count). The Labute approximate surface area is 173 Å². The molecular weight excluding hydrogens is 382 g/mol. The predicted octanol–water partition coefficient (Wildman–Crippen LogP) is 4.78. The number of hydrogen-bond acceptors (Lipinski definition) is 7. The van der Waals surface area contributed by atoms with Crippen molar-refractivity contribution in [2.75, 3.05) is 5.32 Å². The van der Waals surface area contributed by atoms with Crippen LogP contribution in [0.25, 0.3) is 22.9 Å². The highest BCUT2D eigenvalue weighted by Crippen LogP contribution is 2.31. The van der Waals surface area contributed by atoms with Gasteiger partial charge in [-0.05, 0) is 49.7 Å². The summed E-state index contributed by atoms with van der Waals surface area (Å²) in [4.78, 5) is 21.5. The molecule has 0 atom stereocenters. The fourth-order valence-electron chi connectivity index (χ4n) is 2.95. The van der Waals surface area contributed by atoms with Crippen molar-refractivity contribution < 1.29 is 13.8 Å². The van der Waals surface area contributed by atoms with Crippen LogP contribution in [0.3, 0.4) is 0 Å². The van der Waals surface area contributed by atoms with Crippen molar-refractivity contribution in [3.8, 4) is 22.9 Å². The zero-order valence-corrected chi connectivity index (χ0v) is 17.1. The minimum absolute atomic E-state index is 0.145. The normalized spacial score (nSPS) is 11.1. The van der Waals surface area contributed by atoms with E-state index in [9.17, 15) is 4.79 Å². The third-order valence-corrected chi connectivity index (χ3v) is 4.62. The Morgan fingerprint density at radius 2 is 1.67 bits per heavy atom. The van der Waals surface area contributed by atoms with Crippen LogP contribution >= 0.6 is 0 Å². The molecule has 4 aromatic rings. The maximum Gasteiger partial charge on any atom is 0.260 e. The van der Waals surface area contributed by atoms with Gasteiger partial charge < -0.3 is 14.4 Å². The average molecular weight is 403 g/mol. The Morgan fingerprint density at radius 3 is 2.30 bits per heavy atom. The lowest BCUT2D eigenvalue weighted by atomic mass is 10.1. The minimum Gasteiger partial charge on any atom is -0.334 e. The minimum atomic E-state index is -0.248. The standard InChI is InChI=1S/C22H21N5O3/c1-12(2)19-25-22(30-27-19)17-7-5-6-13(3)18(17)24-20(28)15-8-10-16(11-9-15)21-23-14(4)26-29-21/h5-12H,1-4H3,(H,24,28). The van der Waals surface area contributed by atoms with Crippen molar-refractivity contribution in [1.29, 1.82) is 0 Å². The summed E-state index contributed by atoms with van der Waals surface area (Å²) in [5, 5.41) is 10.8. The summed E-state index contributed by atoms with van der Waals surface area (Å²) in [5.41, 5.74) is 3.45. The van der Waals surface area contributed by atoms with E-state index in [1.54, 1.807) is 31.2 Å². The first-order valence-corrected chi connectivity index (χ1v) is 9.58. The molecule has 0 unspecified atom stereocenters. The molecule has 0 aliphatic rings. The highest BCUT2D eigenvalue weighted by Gasteiger charge is 2.18. The number of nitrogens with zero attached hydrogens (tertiary/aromatic N) is 4. The Bertz CT molecular complexity index is 1190. The first kappa shape index (κ1) is 19.5. The van der Waals surface area contributed by atoms with Crippen molar-refractivity contribution >= 4 is 11.6 Å². The molecule has 0 saturated carbocycles. The van der Waals surface area contributed by atoms with Crippen molar-refractivity contribution in [2.24, 2.45) is 0 Å². The van der Waals surface area contributed by atoms with E-state index in [2.05, 4.69) is 25.6 Å². The summed E-state index contributed by atoms with van der Waals surface area (Å²) in [5.74, 6) is 1.86. The molecule has 0 bridgehead atoms. The number of nitrogens with one attached hydrogen (secondary N) is 1. The molecule has 8 heteroatoms. The molecule has 1 N–H and O–H groups in total. The van der Waals surface area contributed by atoms with E-state index in [1.165, 1.54) is 0 Å². The van der Waals surface area contributed by atoms with Gasteiger partial charge in [0.2, 0.25) is 0 Å². The van der Waals surface area contributed by atoms with Crippen LogP contribution in [0.5, 0.6) is 0 Å². The molecule has 0 fully saturated rings. The molecule has 0 spiro atoms. The molecule has 0 radical (unpaired) electrons. The Kier molecular flexibility index (Phi) is 5.14. The number of anilines is 1. The molecule has 152 valence electrons. The van der Waals surface area contributed by atoms with Crippen molar-refractivity contribution in [3.63, 3.8) is 0 Å². The van der Waals surface area contributed by atoms with Gasteiger partial charge in [0.05, 0.1) is 11.3 Å². The van der Waals surface area contributed by atoms with Crippen LogP contribution in [-0.2, 0) is 0 Å². The van der Waals surface area contributed by atoms with Gasteiger partial charge in [0, 0.05) is 17.0 Å². The third-order valence-electron chi connectivity index (χ3n) is 4.62. The van der Waals surface area contributed by atoms with Crippen molar-refractivity contribution in [3.05, 3.63) is 65.2 Å². The molecule has 30 heavy (non-hydrogen) atoms. The van der Waals surface area contributed by atoms with Crippen LogP contribution in [0, 0.1) is 13.8 Å². The number of para-hydroxylation sites is 1. The van der Waals surface area contributed by atoms with E-state index in [0.29, 0.717) is 40.2 Å². The van der Waals surface area contributed by atoms with Gasteiger partial charge >= 0.3 is 0 Å². The fraction of sp³-hybridized carbons (Fsp3) is 0.227. The Balaban J connectivity index is 1.60. The number of carbonyl (C=O) groups is 1. The summed E-state index contributed by atoms with van der Waals surface area (Å²) < 4.78 is 10.6. The average Bonchev–Trinajstić information content (AvgIpc) is 3.39. The fourth-order valence-corrected chi connectivity index (χ4v) is 2.95. The van der Waals surface area contributed by atoms with E-state index in [0.717, 1.165) is 11.1 Å². The zero-order valence-electron chi connectivity index (χ0n) is 17.1. The number of benzene rings is 2. The van der Waals surface area contributed by atoms with Crippen molar-refractivity contribution in [1.82, 2.24) is 20.3 Å². The lowest BCUT2D eigenvalue weighted by Crippen LogP contribution is -2.13. The lowest BCUT2D eigenvalue weighted by molar-refractivity contribution is 0.102. The van der Waals surface area contributed by atoms with Gasteiger partial charge in [-0.25, -0.2) is 0 Å². The van der Waals surface area contributed by atoms with Crippen LogP contribution in [0.4, 0.5) is 5.69 Å². The molecule has 2 aromatic carbocycles. The van der Waals surface area contributed by atoms with Crippen LogP contribution in [0.2, 0.25) is 0 Å². The molecule has 0 aliphatic heterocycles. The second-order valence-corrected chi connectivity index (χ2v) is 7.29. The van der Waals surface area contributed by atoms with Gasteiger partial charge in [-0.2, -0.15) is 9.97 Å². The second kappa shape index (κ2) is 7.90. The quantitative estimate of drug-likeness (QED) is 0.511.